The zero-order valence-corrected chi connectivity index (χ0v) is 18.2. The number of halogens is 1. The molecule has 1 aliphatic rings. The standard InChI is InChI=1S/C26H25FN4O2/c27-20-11-9-19(10-12-20)24-16-28-26(33-24)14-13-25(32)30-22-7-4-8-23-21(22)15-29-31(23)17-18-5-2-1-3-6-18/h1-3,5-6,9-12,15-16,22H,4,7-8,13-14,17H2,(H,30,32). The van der Waals surface area contributed by atoms with Crippen LogP contribution in [0.3, 0.4) is 0 Å². The van der Waals surface area contributed by atoms with Crippen LogP contribution in [0.15, 0.2) is 71.4 Å². The minimum Gasteiger partial charge on any atom is -0.441 e. The lowest BCUT2D eigenvalue weighted by Crippen LogP contribution is -2.31. The van der Waals surface area contributed by atoms with Crippen molar-refractivity contribution in [3.8, 4) is 11.3 Å². The van der Waals surface area contributed by atoms with Gasteiger partial charge in [0.2, 0.25) is 5.91 Å². The van der Waals surface area contributed by atoms with Crippen molar-refractivity contribution in [1.82, 2.24) is 20.1 Å². The van der Waals surface area contributed by atoms with Gasteiger partial charge in [0.05, 0.1) is 25.0 Å². The van der Waals surface area contributed by atoms with E-state index >= 15 is 0 Å². The van der Waals surface area contributed by atoms with Gasteiger partial charge in [-0.15, -0.1) is 0 Å². The molecule has 0 radical (unpaired) electrons. The number of aromatic nitrogens is 3. The van der Waals surface area contributed by atoms with E-state index in [0.29, 0.717) is 18.1 Å². The van der Waals surface area contributed by atoms with Crippen LogP contribution in [0.5, 0.6) is 0 Å². The zero-order chi connectivity index (χ0) is 22.6. The summed E-state index contributed by atoms with van der Waals surface area (Å²) < 4.78 is 20.9. The molecule has 0 aliphatic heterocycles. The number of carbonyl (C=O) groups excluding carboxylic acids is 1. The number of amides is 1. The van der Waals surface area contributed by atoms with E-state index in [2.05, 4.69) is 27.5 Å². The number of fused-ring (bicyclic) bond motifs is 1. The van der Waals surface area contributed by atoms with Crippen molar-refractivity contribution in [2.45, 2.75) is 44.7 Å². The minimum atomic E-state index is -0.299. The largest absolute Gasteiger partial charge is 0.441 e. The summed E-state index contributed by atoms with van der Waals surface area (Å²) in [5.41, 5.74) is 4.27. The van der Waals surface area contributed by atoms with E-state index in [0.717, 1.165) is 36.9 Å². The number of nitrogens with one attached hydrogen (secondary N) is 1. The van der Waals surface area contributed by atoms with E-state index in [4.69, 9.17) is 4.42 Å². The summed E-state index contributed by atoms with van der Waals surface area (Å²) in [5, 5.41) is 7.76. The second-order valence-electron chi connectivity index (χ2n) is 8.33. The van der Waals surface area contributed by atoms with Gasteiger partial charge in [0.15, 0.2) is 11.7 Å². The van der Waals surface area contributed by atoms with Crippen molar-refractivity contribution in [3.05, 3.63) is 95.5 Å². The molecular weight excluding hydrogens is 419 g/mol. The second-order valence-corrected chi connectivity index (χ2v) is 8.33. The van der Waals surface area contributed by atoms with Gasteiger partial charge in [-0.3, -0.25) is 9.48 Å². The Bertz CT molecular complexity index is 1230. The molecule has 4 aromatic rings. The number of oxazole rings is 1. The predicted octanol–water partition coefficient (Wildman–Crippen LogP) is 4.85. The van der Waals surface area contributed by atoms with Crippen molar-refractivity contribution in [1.29, 1.82) is 0 Å². The van der Waals surface area contributed by atoms with Crippen LogP contribution in [0.2, 0.25) is 0 Å². The Balaban J connectivity index is 1.19. The number of hydrogen-bond acceptors (Lipinski definition) is 4. The molecular formula is C26H25FN4O2. The van der Waals surface area contributed by atoms with Gasteiger partial charge in [-0.25, -0.2) is 9.37 Å². The SMILES string of the molecule is O=C(CCc1ncc(-c2ccc(F)cc2)o1)NC1CCCc2c1cnn2Cc1ccccc1. The van der Waals surface area contributed by atoms with E-state index in [9.17, 15) is 9.18 Å². The molecule has 0 spiro atoms. The van der Waals surface area contributed by atoms with Crippen molar-refractivity contribution in [2.75, 3.05) is 0 Å². The van der Waals surface area contributed by atoms with Crippen LogP contribution in [-0.2, 0) is 24.2 Å². The highest BCUT2D eigenvalue weighted by atomic mass is 19.1. The summed E-state index contributed by atoms with van der Waals surface area (Å²) in [6.45, 7) is 0.734. The van der Waals surface area contributed by atoms with Crippen molar-refractivity contribution >= 4 is 5.91 Å². The zero-order valence-electron chi connectivity index (χ0n) is 18.2. The van der Waals surface area contributed by atoms with Gasteiger partial charge in [0.25, 0.3) is 0 Å². The summed E-state index contributed by atoms with van der Waals surface area (Å²) in [4.78, 5) is 16.9. The first-order chi connectivity index (χ1) is 16.2. The molecule has 1 aliphatic carbocycles. The molecule has 6 nitrogen and oxygen atoms in total. The Morgan fingerprint density at radius 1 is 1.12 bits per heavy atom. The third kappa shape index (κ3) is 4.87. The predicted molar refractivity (Wildman–Crippen MR) is 122 cm³/mol. The van der Waals surface area contributed by atoms with Crippen molar-refractivity contribution < 1.29 is 13.6 Å². The fourth-order valence-corrected chi connectivity index (χ4v) is 4.32. The van der Waals surface area contributed by atoms with Crippen LogP contribution in [0, 0.1) is 5.82 Å². The molecule has 33 heavy (non-hydrogen) atoms. The van der Waals surface area contributed by atoms with Crippen LogP contribution in [-0.4, -0.2) is 20.7 Å². The maximum Gasteiger partial charge on any atom is 0.220 e. The summed E-state index contributed by atoms with van der Waals surface area (Å²) in [6.07, 6.45) is 7.08. The van der Waals surface area contributed by atoms with Crippen LogP contribution in [0.4, 0.5) is 4.39 Å². The van der Waals surface area contributed by atoms with Crippen LogP contribution in [0.25, 0.3) is 11.3 Å². The van der Waals surface area contributed by atoms with Gasteiger partial charge in [-0.05, 0) is 49.1 Å². The molecule has 1 N–H and O–H groups in total. The van der Waals surface area contributed by atoms with Gasteiger partial charge in [0.1, 0.15) is 5.82 Å². The molecule has 5 rings (SSSR count). The Morgan fingerprint density at radius 2 is 1.94 bits per heavy atom. The third-order valence-electron chi connectivity index (χ3n) is 6.02. The van der Waals surface area contributed by atoms with Crippen LogP contribution >= 0.6 is 0 Å². The summed E-state index contributed by atoms with van der Waals surface area (Å²) >= 11 is 0. The first-order valence-corrected chi connectivity index (χ1v) is 11.2. The lowest BCUT2D eigenvalue weighted by molar-refractivity contribution is -0.122. The summed E-state index contributed by atoms with van der Waals surface area (Å²) in [7, 11) is 0. The molecule has 0 bridgehead atoms. The Kier molecular flexibility index (Phi) is 6.02. The molecule has 168 valence electrons. The maximum atomic E-state index is 13.1. The van der Waals surface area contributed by atoms with Crippen LogP contribution in [0.1, 0.15) is 48.0 Å². The molecule has 1 atom stereocenters. The Morgan fingerprint density at radius 3 is 2.76 bits per heavy atom. The highest BCUT2D eigenvalue weighted by molar-refractivity contribution is 5.76. The number of rotatable bonds is 7. The van der Waals surface area contributed by atoms with E-state index in [1.807, 2.05) is 29.1 Å². The highest BCUT2D eigenvalue weighted by Gasteiger charge is 2.25. The first-order valence-electron chi connectivity index (χ1n) is 11.2. The molecule has 2 aromatic heterocycles. The minimum absolute atomic E-state index is 0.0230. The highest BCUT2D eigenvalue weighted by Crippen LogP contribution is 2.30. The molecule has 1 unspecified atom stereocenters. The summed E-state index contributed by atoms with van der Waals surface area (Å²) in [6, 6.07) is 16.3. The number of carbonyl (C=O) groups is 1. The maximum absolute atomic E-state index is 13.1. The molecule has 1 amide bonds. The van der Waals surface area contributed by atoms with Crippen LogP contribution < -0.4 is 5.32 Å². The normalized spacial score (nSPS) is 15.2. The summed E-state index contributed by atoms with van der Waals surface area (Å²) in [5.74, 6) is 0.717. The molecule has 0 fully saturated rings. The number of aryl methyl sites for hydroxylation is 1. The van der Waals surface area contributed by atoms with Gasteiger partial charge in [-0.1, -0.05) is 30.3 Å². The van der Waals surface area contributed by atoms with Gasteiger partial charge in [0, 0.05) is 29.7 Å². The average molecular weight is 445 g/mol. The molecule has 2 aromatic carbocycles. The van der Waals surface area contributed by atoms with E-state index in [1.54, 1.807) is 18.3 Å². The monoisotopic (exact) mass is 444 g/mol. The lowest BCUT2D eigenvalue weighted by Gasteiger charge is -2.24. The smallest absolute Gasteiger partial charge is 0.220 e. The third-order valence-corrected chi connectivity index (χ3v) is 6.02. The lowest BCUT2D eigenvalue weighted by atomic mass is 9.92. The van der Waals surface area contributed by atoms with Crippen molar-refractivity contribution in [3.63, 3.8) is 0 Å². The van der Waals surface area contributed by atoms with E-state index < -0.39 is 0 Å². The quantitative estimate of drug-likeness (QED) is 0.442. The fraction of sp³-hybridized carbons (Fsp3) is 0.269. The second kappa shape index (κ2) is 9.40. The first kappa shape index (κ1) is 21.1. The van der Waals surface area contributed by atoms with Crippen molar-refractivity contribution in [2.24, 2.45) is 0 Å². The molecule has 0 saturated heterocycles. The Hall–Kier alpha value is -3.74. The molecule has 2 heterocycles. The number of nitrogens with zero attached hydrogens (tertiary/aromatic N) is 3. The van der Waals surface area contributed by atoms with Gasteiger partial charge >= 0.3 is 0 Å². The molecule has 0 saturated carbocycles. The Labute approximate surface area is 191 Å². The fourth-order valence-electron chi connectivity index (χ4n) is 4.32. The van der Waals surface area contributed by atoms with E-state index in [-0.39, 0.29) is 24.2 Å². The van der Waals surface area contributed by atoms with E-state index in [1.165, 1.54) is 23.4 Å². The van der Waals surface area contributed by atoms with Gasteiger partial charge < -0.3 is 9.73 Å². The van der Waals surface area contributed by atoms with Gasteiger partial charge in [-0.2, -0.15) is 5.10 Å². The topological polar surface area (TPSA) is 73.0 Å². The number of hydrogen-bond donors (Lipinski definition) is 1. The molecule has 7 heteroatoms. The average Bonchev–Trinajstić information content (AvgIpc) is 3.47. The number of benzene rings is 2.